The molecule has 0 radical (unpaired) electrons. The fourth-order valence-electron chi connectivity index (χ4n) is 1.48. The minimum absolute atomic E-state index is 0.0521. The largest absolute Gasteiger partial charge is 0.325 e. The number of nitrogens with one attached hydrogen (secondary N) is 1. The predicted molar refractivity (Wildman–Crippen MR) is 64.8 cm³/mol. The molecule has 92 valence electrons. The van der Waals surface area contributed by atoms with E-state index in [9.17, 15) is 4.79 Å². The van der Waals surface area contributed by atoms with Crippen LogP contribution < -0.4 is 5.32 Å². The van der Waals surface area contributed by atoms with Gasteiger partial charge in [-0.3, -0.25) is 4.79 Å². The van der Waals surface area contributed by atoms with Crippen LogP contribution in [-0.2, 0) is 4.79 Å². The van der Waals surface area contributed by atoms with Crippen LogP contribution in [0.4, 0.5) is 0 Å². The first kappa shape index (κ1) is 14.9. The topological polar surface area (TPSA) is 56.1 Å². The van der Waals surface area contributed by atoms with Crippen LogP contribution in [0.3, 0.4) is 0 Å². The van der Waals surface area contributed by atoms with E-state index in [1.807, 2.05) is 20.8 Å². The van der Waals surface area contributed by atoms with Crippen molar-refractivity contribution in [2.45, 2.75) is 52.6 Å². The van der Waals surface area contributed by atoms with Crippen LogP contribution in [0.25, 0.3) is 0 Å². The molecule has 1 amide bonds. The summed E-state index contributed by atoms with van der Waals surface area (Å²) >= 11 is 0. The molecule has 0 bridgehead atoms. The second-order valence-electron chi connectivity index (χ2n) is 3.64. The van der Waals surface area contributed by atoms with E-state index in [0.717, 1.165) is 25.9 Å². The van der Waals surface area contributed by atoms with E-state index < -0.39 is 0 Å². The van der Waals surface area contributed by atoms with Crippen molar-refractivity contribution < 1.29 is 4.79 Å². The molecule has 0 aromatic rings. The molecule has 1 heterocycles. The summed E-state index contributed by atoms with van der Waals surface area (Å²) in [6, 6.07) is 1.77. The Kier molecular flexibility index (Phi) is 7.57. The number of nitrogens with zero attached hydrogens (tertiary/aromatic N) is 2. The van der Waals surface area contributed by atoms with Crippen LogP contribution in [-0.4, -0.2) is 36.0 Å². The Labute approximate surface area is 98.6 Å². The molecule has 2 unspecified atom stereocenters. The van der Waals surface area contributed by atoms with Crippen LogP contribution in [0.15, 0.2) is 0 Å². The van der Waals surface area contributed by atoms with Crippen molar-refractivity contribution in [3.05, 3.63) is 0 Å². The molecule has 0 aliphatic carbocycles. The maximum Gasteiger partial charge on any atom is 0.240 e. The Balaban J connectivity index is 0.00000106. The molecular formula is C12H23N3O. The summed E-state index contributed by atoms with van der Waals surface area (Å²) in [6.07, 6.45) is 1.84. The zero-order chi connectivity index (χ0) is 12.6. The van der Waals surface area contributed by atoms with Gasteiger partial charge < -0.3 is 10.2 Å². The van der Waals surface area contributed by atoms with E-state index in [1.54, 1.807) is 4.90 Å². The summed E-state index contributed by atoms with van der Waals surface area (Å²) in [5.41, 5.74) is 0. The highest BCUT2D eigenvalue weighted by atomic mass is 16.2. The number of likely N-dealkylation sites (tertiary alicyclic amines) is 1. The summed E-state index contributed by atoms with van der Waals surface area (Å²) in [6.45, 7) is 9.49. The zero-order valence-electron chi connectivity index (χ0n) is 10.8. The van der Waals surface area contributed by atoms with Gasteiger partial charge in [0.1, 0.15) is 6.04 Å². The van der Waals surface area contributed by atoms with Crippen LogP contribution in [0.1, 0.15) is 40.5 Å². The third-order valence-corrected chi connectivity index (χ3v) is 2.52. The van der Waals surface area contributed by atoms with Gasteiger partial charge in [0, 0.05) is 6.54 Å². The van der Waals surface area contributed by atoms with Gasteiger partial charge in [-0.15, -0.1) is 0 Å². The average molecular weight is 225 g/mol. The van der Waals surface area contributed by atoms with E-state index in [-0.39, 0.29) is 18.0 Å². The van der Waals surface area contributed by atoms with E-state index in [2.05, 4.69) is 18.3 Å². The van der Waals surface area contributed by atoms with Crippen molar-refractivity contribution in [1.29, 1.82) is 5.26 Å². The summed E-state index contributed by atoms with van der Waals surface area (Å²) in [5.74, 6) is 0.0521. The lowest BCUT2D eigenvalue weighted by Gasteiger charge is -2.38. The second kappa shape index (κ2) is 8.12. The Bertz CT molecular complexity index is 247. The number of hydrogen-bond acceptors (Lipinski definition) is 3. The normalized spacial score (nSPS) is 19.9. The molecule has 1 N–H and O–H groups in total. The number of rotatable bonds is 4. The smallest absolute Gasteiger partial charge is 0.240 e. The predicted octanol–water partition coefficient (Wildman–Crippen LogP) is 1.53. The molecule has 1 aliphatic rings. The second-order valence-corrected chi connectivity index (χ2v) is 3.64. The van der Waals surface area contributed by atoms with Gasteiger partial charge in [-0.2, -0.15) is 5.26 Å². The molecule has 1 aliphatic heterocycles. The maximum atomic E-state index is 11.7. The molecule has 1 saturated heterocycles. The Morgan fingerprint density at radius 3 is 2.62 bits per heavy atom. The lowest BCUT2D eigenvalue weighted by molar-refractivity contribution is -0.138. The summed E-state index contributed by atoms with van der Waals surface area (Å²) < 4.78 is 0. The number of carbonyl (C=O) groups is 1. The van der Waals surface area contributed by atoms with Crippen molar-refractivity contribution >= 4 is 5.91 Å². The minimum atomic E-state index is -0.187. The van der Waals surface area contributed by atoms with Crippen molar-refractivity contribution in [3.63, 3.8) is 0 Å². The van der Waals surface area contributed by atoms with Gasteiger partial charge in [-0.1, -0.05) is 20.8 Å². The molecule has 0 aromatic carbocycles. The van der Waals surface area contributed by atoms with Gasteiger partial charge in [0.2, 0.25) is 5.91 Å². The van der Waals surface area contributed by atoms with E-state index in [1.165, 1.54) is 0 Å². The van der Waals surface area contributed by atoms with Gasteiger partial charge in [-0.25, -0.2) is 0 Å². The van der Waals surface area contributed by atoms with Gasteiger partial charge >= 0.3 is 0 Å². The molecule has 4 nitrogen and oxygen atoms in total. The highest BCUT2D eigenvalue weighted by Crippen LogP contribution is 2.17. The fraction of sp³-hybridized carbons (Fsp3) is 0.833. The van der Waals surface area contributed by atoms with E-state index in [4.69, 9.17) is 5.26 Å². The Hall–Kier alpha value is -1.08. The molecule has 0 saturated carbocycles. The van der Waals surface area contributed by atoms with Gasteiger partial charge in [0.05, 0.1) is 12.1 Å². The van der Waals surface area contributed by atoms with Crippen LogP contribution in [0.2, 0.25) is 0 Å². The standard InChI is InChI=1S/C10H17N3O.C2H6/c1-3-5-12-8(2)10(14)13-6-4-9(13)7-11;1-2/h8-9,12H,3-6H2,1-2H3;1-2H3. The number of amides is 1. The first-order chi connectivity index (χ1) is 7.70. The third kappa shape index (κ3) is 3.82. The molecule has 4 heteroatoms. The lowest BCUT2D eigenvalue weighted by atomic mass is 10.0. The van der Waals surface area contributed by atoms with Crippen LogP contribution >= 0.6 is 0 Å². The quantitative estimate of drug-likeness (QED) is 0.789. The lowest BCUT2D eigenvalue weighted by Crippen LogP contribution is -2.56. The fourth-order valence-corrected chi connectivity index (χ4v) is 1.48. The highest BCUT2D eigenvalue weighted by molar-refractivity contribution is 5.82. The number of nitriles is 1. The Morgan fingerprint density at radius 1 is 1.62 bits per heavy atom. The zero-order valence-corrected chi connectivity index (χ0v) is 10.8. The maximum absolute atomic E-state index is 11.7. The first-order valence-electron chi connectivity index (χ1n) is 6.14. The minimum Gasteiger partial charge on any atom is -0.325 e. The number of hydrogen-bond donors (Lipinski definition) is 1. The summed E-state index contributed by atoms with van der Waals surface area (Å²) in [4.78, 5) is 13.4. The molecule has 16 heavy (non-hydrogen) atoms. The first-order valence-corrected chi connectivity index (χ1v) is 6.14. The molecule has 0 spiro atoms. The third-order valence-electron chi connectivity index (χ3n) is 2.52. The molecule has 1 rings (SSSR count). The highest BCUT2D eigenvalue weighted by Gasteiger charge is 2.33. The van der Waals surface area contributed by atoms with Crippen molar-refractivity contribution in [3.8, 4) is 6.07 Å². The summed E-state index contributed by atoms with van der Waals surface area (Å²) in [5, 5.41) is 11.8. The van der Waals surface area contributed by atoms with Crippen LogP contribution in [0.5, 0.6) is 0 Å². The van der Waals surface area contributed by atoms with Gasteiger partial charge in [0.15, 0.2) is 0 Å². The van der Waals surface area contributed by atoms with Gasteiger partial charge in [-0.05, 0) is 26.3 Å². The van der Waals surface area contributed by atoms with Crippen LogP contribution in [0, 0.1) is 11.3 Å². The van der Waals surface area contributed by atoms with E-state index >= 15 is 0 Å². The van der Waals surface area contributed by atoms with Crippen molar-refractivity contribution in [2.75, 3.05) is 13.1 Å². The Morgan fingerprint density at radius 2 is 2.25 bits per heavy atom. The monoisotopic (exact) mass is 225 g/mol. The van der Waals surface area contributed by atoms with Gasteiger partial charge in [0.25, 0.3) is 0 Å². The molecular weight excluding hydrogens is 202 g/mol. The van der Waals surface area contributed by atoms with E-state index in [0.29, 0.717) is 0 Å². The SMILES string of the molecule is CC.CCCNC(C)C(=O)N1CCC1C#N. The van der Waals surface area contributed by atoms with Crippen molar-refractivity contribution in [1.82, 2.24) is 10.2 Å². The number of carbonyl (C=O) groups excluding carboxylic acids is 1. The molecule has 0 aromatic heterocycles. The molecule has 2 atom stereocenters. The molecule has 1 fully saturated rings. The average Bonchev–Trinajstić information content (AvgIpc) is 2.27. The summed E-state index contributed by atoms with van der Waals surface area (Å²) in [7, 11) is 0. The van der Waals surface area contributed by atoms with Crippen molar-refractivity contribution in [2.24, 2.45) is 0 Å².